The molecular weight excluding hydrogens is 304 g/mol. The van der Waals surface area contributed by atoms with Crippen LogP contribution in [0.1, 0.15) is 10.5 Å². The van der Waals surface area contributed by atoms with Gasteiger partial charge >= 0.3 is 0 Å². The van der Waals surface area contributed by atoms with Gasteiger partial charge in [-0.1, -0.05) is 17.7 Å². The summed E-state index contributed by atoms with van der Waals surface area (Å²) >= 11 is 5.56. The Morgan fingerprint density at radius 1 is 1.15 bits per heavy atom. The fourth-order valence-corrected chi connectivity index (χ4v) is 2.15. The summed E-state index contributed by atoms with van der Waals surface area (Å²) in [6.07, 6.45) is 2.50. The summed E-state index contributed by atoms with van der Waals surface area (Å²) in [6, 6.07) is 7.30. The van der Waals surface area contributed by atoms with Gasteiger partial charge in [0.25, 0.3) is 15.9 Å². The third kappa shape index (κ3) is 3.50. The van der Waals surface area contributed by atoms with E-state index in [-0.39, 0.29) is 15.7 Å². The molecule has 0 saturated heterocycles. The minimum Gasteiger partial charge on any atom is -0.272 e. The molecule has 0 spiro atoms. The lowest BCUT2D eigenvalue weighted by Crippen LogP contribution is -2.41. The second-order valence-corrected chi connectivity index (χ2v) is 5.66. The number of pyridine rings is 2. The normalized spacial score (nSPS) is 11.1. The van der Waals surface area contributed by atoms with Crippen LogP contribution in [-0.2, 0) is 10.0 Å². The zero-order valence-corrected chi connectivity index (χ0v) is 11.5. The van der Waals surface area contributed by atoms with Crippen molar-refractivity contribution in [2.24, 2.45) is 0 Å². The van der Waals surface area contributed by atoms with Crippen molar-refractivity contribution in [1.82, 2.24) is 20.2 Å². The number of nitrogens with one attached hydrogen (secondary N) is 2. The van der Waals surface area contributed by atoms with E-state index in [0.717, 1.165) is 6.20 Å². The molecule has 0 aromatic carbocycles. The summed E-state index contributed by atoms with van der Waals surface area (Å²) in [4.78, 5) is 20.9. The monoisotopic (exact) mass is 312 g/mol. The average molecular weight is 313 g/mol. The zero-order valence-electron chi connectivity index (χ0n) is 9.95. The molecule has 0 aliphatic carbocycles. The smallest absolute Gasteiger partial charge is 0.272 e. The molecule has 0 fully saturated rings. The number of hydrazine groups is 1. The molecule has 104 valence electrons. The second kappa shape index (κ2) is 5.95. The van der Waals surface area contributed by atoms with E-state index in [1.54, 1.807) is 12.1 Å². The largest absolute Gasteiger partial charge is 0.284 e. The summed E-state index contributed by atoms with van der Waals surface area (Å²) in [7, 11) is -3.91. The number of rotatable bonds is 4. The van der Waals surface area contributed by atoms with E-state index in [9.17, 15) is 13.2 Å². The molecule has 0 unspecified atom stereocenters. The molecule has 2 aromatic heterocycles. The molecule has 9 heteroatoms. The Labute approximate surface area is 120 Å². The molecule has 0 saturated carbocycles. The molecule has 0 bridgehead atoms. The van der Waals surface area contributed by atoms with E-state index < -0.39 is 15.9 Å². The van der Waals surface area contributed by atoms with Crippen LogP contribution < -0.4 is 10.3 Å². The van der Waals surface area contributed by atoms with Gasteiger partial charge in [-0.05, 0) is 24.3 Å². The van der Waals surface area contributed by atoms with Crippen molar-refractivity contribution in [3.05, 3.63) is 53.6 Å². The van der Waals surface area contributed by atoms with Crippen LogP contribution in [0, 0.1) is 0 Å². The maximum atomic E-state index is 11.8. The molecule has 7 nitrogen and oxygen atoms in total. The Bertz CT molecular complexity index is 704. The lowest BCUT2D eigenvalue weighted by Gasteiger charge is -2.07. The summed E-state index contributed by atoms with van der Waals surface area (Å²) in [6.45, 7) is 0. The van der Waals surface area contributed by atoms with E-state index >= 15 is 0 Å². The van der Waals surface area contributed by atoms with E-state index in [1.165, 1.54) is 24.4 Å². The molecule has 2 N–H and O–H groups in total. The highest BCUT2D eigenvalue weighted by atomic mass is 35.5. The highest BCUT2D eigenvalue weighted by Crippen LogP contribution is 2.09. The van der Waals surface area contributed by atoms with Gasteiger partial charge in [-0.25, -0.2) is 13.4 Å². The van der Waals surface area contributed by atoms with Crippen LogP contribution in [0.4, 0.5) is 0 Å². The van der Waals surface area contributed by atoms with Crippen molar-refractivity contribution < 1.29 is 13.2 Å². The third-order valence-electron chi connectivity index (χ3n) is 2.21. The maximum absolute atomic E-state index is 11.8. The van der Waals surface area contributed by atoms with Crippen LogP contribution in [-0.4, -0.2) is 24.3 Å². The number of nitrogens with zero attached hydrogens (tertiary/aromatic N) is 2. The highest BCUT2D eigenvalue weighted by Gasteiger charge is 2.16. The zero-order chi connectivity index (χ0) is 14.6. The first-order valence-electron chi connectivity index (χ1n) is 5.34. The number of sulfonamides is 1. The van der Waals surface area contributed by atoms with Crippen molar-refractivity contribution in [1.29, 1.82) is 0 Å². The lowest BCUT2D eigenvalue weighted by atomic mass is 10.3. The fourth-order valence-electron chi connectivity index (χ4n) is 1.25. The number of hydrogen-bond acceptors (Lipinski definition) is 5. The molecule has 0 aliphatic rings. The lowest BCUT2D eigenvalue weighted by molar-refractivity contribution is 0.0940. The number of hydrogen-bond donors (Lipinski definition) is 2. The summed E-state index contributed by atoms with van der Waals surface area (Å²) in [5, 5.41) is 0.168. The second-order valence-electron chi connectivity index (χ2n) is 3.59. The Hall–Kier alpha value is -2.03. The van der Waals surface area contributed by atoms with Gasteiger partial charge < -0.3 is 0 Å². The highest BCUT2D eigenvalue weighted by molar-refractivity contribution is 7.89. The van der Waals surface area contributed by atoms with Crippen LogP contribution in [0.15, 0.2) is 47.6 Å². The van der Waals surface area contributed by atoms with Crippen LogP contribution in [0.25, 0.3) is 0 Å². The van der Waals surface area contributed by atoms with Gasteiger partial charge in [0.05, 0.1) is 0 Å². The standard InChI is InChI=1S/C11H9ClN4O3S/c12-10-5-4-8(7-14-10)20(18,19)16-15-11(17)9-3-1-2-6-13-9/h1-7,16H,(H,15,17). The van der Waals surface area contributed by atoms with Gasteiger partial charge in [-0.2, -0.15) is 0 Å². The molecule has 2 rings (SSSR count). The van der Waals surface area contributed by atoms with Crippen molar-refractivity contribution in [3.8, 4) is 0 Å². The number of halogens is 1. The Balaban J connectivity index is 2.06. The third-order valence-corrected chi connectivity index (χ3v) is 3.66. The van der Waals surface area contributed by atoms with Crippen molar-refractivity contribution in [2.75, 3.05) is 0 Å². The topological polar surface area (TPSA) is 101 Å². The maximum Gasteiger partial charge on any atom is 0.284 e. The molecular formula is C11H9ClN4O3S. The number of carbonyl (C=O) groups is 1. The van der Waals surface area contributed by atoms with E-state index in [1.807, 2.05) is 4.83 Å². The predicted molar refractivity (Wildman–Crippen MR) is 71.3 cm³/mol. The van der Waals surface area contributed by atoms with Crippen LogP contribution in [0.5, 0.6) is 0 Å². The molecule has 20 heavy (non-hydrogen) atoms. The summed E-state index contributed by atoms with van der Waals surface area (Å²) < 4.78 is 23.7. The van der Waals surface area contributed by atoms with Crippen molar-refractivity contribution >= 4 is 27.5 Å². The first-order valence-corrected chi connectivity index (χ1v) is 7.20. The van der Waals surface area contributed by atoms with E-state index in [4.69, 9.17) is 11.6 Å². The van der Waals surface area contributed by atoms with Crippen LogP contribution in [0.3, 0.4) is 0 Å². The quantitative estimate of drug-likeness (QED) is 0.641. The van der Waals surface area contributed by atoms with Gasteiger partial charge in [0.1, 0.15) is 15.7 Å². The molecule has 2 aromatic rings. The number of amides is 1. The van der Waals surface area contributed by atoms with Gasteiger partial charge in [0.2, 0.25) is 0 Å². The number of carbonyl (C=O) groups excluding carboxylic acids is 1. The number of aromatic nitrogens is 2. The van der Waals surface area contributed by atoms with Crippen LogP contribution >= 0.6 is 11.6 Å². The summed E-state index contributed by atoms with van der Waals surface area (Å²) in [5.41, 5.74) is 2.14. The van der Waals surface area contributed by atoms with E-state index in [2.05, 4.69) is 15.4 Å². The molecule has 0 aliphatic heterocycles. The van der Waals surface area contributed by atoms with Gasteiger partial charge in [-0.3, -0.25) is 15.2 Å². The minimum atomic E-state index is -3.91. The summed E-state index contributed by atoms with van der Waals surface area (Å²) in [5.74, 6) is -0.670. The van der Waals surface area contributed by atoms with E-state index in [0.29, 0.717) is 0 Å². The Kier molecular flexibility index (Phi) is 4.28. The van der Waals surface area contributed by atoms with Crippen LogP contribution in [0.2, 0.25) is 5.15 Å². The molecule has 1 amide bonds. The Morgan fingerprint density at radius 3 is 2.55 bits per heavy atom. The van der Waals surface area contributed by atoms with Gasteiger partial charge in [-0.15, -0.1) is 4.83 Å². The first-order chi connectivity index (χ1) is 9.49. The molecule has 2 heterocycles. The first kappa shape index (κ1) is 14.4. The predicted octanol–water partition coefficient (Wildman–Crippen LogP) is 0.753. The minimum absolute atomic E-state index is 0.0874. The van der Waals surface area contributed by atoms with Gasteiger partial charge in [0, 0.05) is 12.4 Å². The molecule has 0 radical (unpaired) electrons. The van der Waals surface area contributed by atoms with Crippen molar-refractivity contribution in [3.63, 3.8) is 0 Å². The average Bonchev–Trinajstić information content (AvgIpc) is 2.46. The van der Waals surface area contributed by atoms with Crippen molar-refractivity contribution in [2.45, 2.75) is 4.90 Å². The molecule has 0 atom stereocenters. The Morgan fingerprint density at radius 2 is 1.95 bits per heavy atom. The van der Waals surface area contributed by atoms with Gasteiger partial charge in [0.15, 0.2) is 0 Å². The SMILES string of the molecule is O=C(NNS(=O)(=O)c1ccc(Cl)nc1)c1ccccn1. The fraction of sp³-hybridized carbons (Fsp3) is 0.